The van der Waals surface area contributed by atoms with E-state index in [0.29, 0.717) is 11.4 Å². The van der Waals surface area contributed by atoms with Gasteiger partial charge in [-0.25, -0.2) is 0 Å². The smallest absolute Gasteiger partial charge is 0.227 e. The molecule has 0 radical (unpaired) electrons. The fourth-order valence-corrected chi connectivity index (χ4v) is 2.92. The molecule has 2 rings (SSSR count). The molecule has 0 spiro atoms. The molecule has 1 aromatic rings. The quantitative estimate of drug-likeness (QED) is 0.925. The van der Waals surface area contributed by atoms with Crippen molar-refractivity contribution in [3.8, 4) is 0 Å². The van der Waals surface area contributed by atoms with Gasteiger partial charge in [-0.3, -0.25) is 4.79 Å². The lowest BCUT2D eigenvalue weighted by molar-refractivity contribution is -0.134. The topological polar surface area (TPSA) is 46.3 Å². The van der Waals surface area contributed by atoms with Crippen molar-refractivity contribution in [3.05, 3.63) is 34.9 Å². The summed E-state index contributed by atoms with van der Waals surface area (Å²) in [6.45, 7) is 2.79. The first-order chi connectivity index (χ1) is 9.09. The number of amides is 1. The van der Waals surface area contributed by atoms with Crippen LogP contribution in [0.2, 0.25) is 5.02 Å². The van der Waals surface area contributed by atoms with Crippen LogP contribution in [0.1, 0.15) is 31.7 Å². The Balaban J connectivity index is 2.08. The summed E-state index contributed by atoms with van der Waals surface area (Å²) >= 11 is 6.11. The Morgan fingerprint density at radius 3 is 2.89 bits per heavy atom. The number of halogens is 1. The molecule has 1 saturated heterocycles. The van der Waals surface area contributed by atoms with Crippen LogP contribution in [-0.2, 0) is 11.2 Å². The summed E-state index contributed by atoms with van der Waals surface area (Å²) in [6.07, 6.45) is 3.59. The van der Waals surface area contributed by atoms with Gasteiger partial charge in [-0.1, -0.05) is 29.8 Å². The van der Waals surface area contributed by atoms with Crippen molar-refractivity contribution in [1.29, 1.82) is 0 Å². The lowest BCUT2D eigenvalue weighted by atomic mass is 9.96. The lowest BCUT2D eigenvalue weighted by Crippen LogP contribution is -2.52. The fraction of sp³-hybridized carbons (Fsp3) is 0.533. The molecule has 2 N–H and O–H groups in total. The number of hydrogen-bond acceptors (Lipinski definition) is 2. The van der Waals surface area contributed by atoms with E-state index in [0.717, 1.165) is 31.4 Å². The van der Waals surface area contributed by atoms with Crippen molar-refractivity contribution in [2.45, 2.75) is 44.7 Å². The van der Waals surface area contributed by atoms with Crippen molar-refractivity contribution >= 4 is 17.5 Å². The molecule has 1 aromatic carbocycles. The van der Waals surface area contributed by atoms with E-state index in [1.54, 1.807) is 0 Å². The third-order valence-electron chi connectivity index (χ3n) is 3.78. The predicted octanol–water partition coefficient (Wildman–Crippen LogP) is 2.61. The second kappa shape index (κ2) is 6.40. The Morgan fingerprint density at radius 1 is 1.47 bits per heavy atom. The summed E-state index contributed by atoms with van der Waals surface area (Å²) in [5.74, 6) is 0.134. The SMILES string of the molecule is CC(N)C1CCCCN1C(=O)Cc1ccccc1Cl. The van der Waals surface area contributed by atoms with Crippen LogP contribution in [0.5, 0.6) is 0 Å². The average Bonchev–Trinajstić information content (AvgIpc) is 2.41. The van der Waals surface area contributed by atoms with Gasteiger partial charge in [0.25, 0.3) is 0 Å². The zero-order valence-corrected chi connectivity index (χ0v) is 12.1. The van der Waals surface area contributed by atoms with Crippen LogP contribution in [0.3, 0.4) is 0 Å². The molecule has 1 fully saturated rings. The highest BCUT2D eigenvalue weighted by molar-refractivity contribution is 6.31. The highest BCUT2D eigenvalue weighted by atomic mass is 35.5. The molecular formula is C15H21ClN2O. The number of nitrogens with zero attached hydrogens (tertiary/aromatic N) is 1. The Morgan fingerprint density at radius 2 is 2.21 bits per heavy atom. The molecule has 0 aliphatic carbocycles. The molecule has 0 bridgehead atoms. The fourth-order valence-electron chi connectivity index (χ4n) is 2.72. The number of carbonyl (C=O) groups excluding carboxylic acids is 1. The Kier molecular flexibility index (Phi) is 4.83. The predicted molar refractivity (Wildman–Crippen MR) is 78.2 cm³/mol. The number of rotatable bonds is 3. The van der Waals surface area contributed by atoms with Gasteiger partial charge in [-0.05, 0) is 37.8 Å². The van der Waals surface area contributed by atoms with E-state index in [2.05, 4.69) is 0 Å². The zero-order chi connectivity index (χ0) is 13.8. The van der Waals surface area contributed by atoms with E-state index in [4.69, 9.17) is 17.3 Å². The standard InChI is InChI=1S/C15H21ClN2O/c1-11(17)14-8-4-5-9-18(14)15(19)10-12-6-2-3-7-13(12)16/h2-3,6-7,11,14H,4-5,8-10,17H2,1H3. The van der Waals surface area contributed by atoms with Gasteiger partial charge in [-0.15, -0.1) is 0 Å². The average molecular weight is 281 g/mol. The molecule has 104 valence electrons. The van der Waals surface area contributed by atoms with Gasteiger partial charge < -0.3 is 10.6 Å². The molecule has 0 saturated carbocycles. The molecular weight excluding hydrogens is 260 g/mol. The van der Waals surface area contributed by atoms with Gasteiger partial charge in [0.1, 0.15) is 0 Å². The van der Waals surface area contributed by atoms with Crippen LogP contribution < -0.4 is 5.73 Å². The van der Waals surface area contributed by atoms with Gasteiger partial charge in [0.15, 0.2) is 0 Å². The minimum absolute atomic E-state index is 0.0236. The zero-order valence-electron chi connectivity index (χ0n) is 11.3. The third kappa shape index (κ3) is 3.48. The molecule has 1 amide bonds. The van der Waals surface area contributed by atoms with Gasteiger partial charge in [0.05, 0.1) is 6.42 Å². The molecule has 19 heavy (non-hydrogen) atoms. The van der Waals surface area contributed by atoms with Gasteiger partial charge >= 0.3 is 0 Å². The van der Waals surface area contributed by atoms with Crippen molar-refractivity contribution in [3.63, 3.8) is 0 Å². The maximum absolute atomic E-state index is 12.4. The first-order valence-corrected chi connectivity index (χ1v) is 7.26. The van der Waals surface area contributed by atoms with Crippen LogP contribution in [-0.4, -0.2) is 29.4 Å². The van der Waals surface area contributed by atoms with E-state index in [-0.39, 0.29) is 18.0 Å². The van der Waals surface area contributed by atoms with E-state index < -0.39 is 0 Å². The minimum Gasteiger partial charge on any atom is -0.338 e. The second-order valence-corrected chi connectivity index (χ2v) is 5.68. The molecule has 2 atom stereocenters. The summed E-state index contributed by atoms with van der Waals surface area (Å²) in [4.78, 5) is 14.4. The van der Waals surface area contributed by atoms with Crippen molar-refractivity contribution in [2.75, 3.05) is 6.54 Å². The minimum atomic E-state index is 0.0236. The monoisotopic (exact) mass is 280 g/mol. The van der Waals surface area contributed by atoms with Crippen molar-refractivity contribution in [2.24, 2.45) is 5.73 Å². The van der Waals surface area contributed by atoms with Crippen LogP contribution in [0.4, 0.5) is 0 Å². The molecule has 4 heteroatoms. The van der Waals surface area contributed by atoms with Crippen molar-refractivity contribution < 1.29 is 4.79 Å². The molecule has 3 nitrogen and oxygen atoms in total. The summed E-state index contributed by atoms with van der Waals surface area (Å²) in [5, 5.41) is 0.658. The van der Waals surface area contributed by atoms with Crippen LogP contribution in [0, 0.1) is 0 Å². The van der Waals surface area contributed by atoms with Gasteiger partial charge in [0, 0.05) is 23.7 Å². The number of benzene rings is 1. The first-order valence-electron chi connectivity index (χ1n) is 6.88. The highest BCUT2D eigenvalue weighted by Gasteiger charge is 2.29. The van der Waals surface area contributed by atoms with Gasteiger partial charge in [-0.2, -0.15) is 0 Å². The molecule has 1 aliphatic rings. The first kappa shape index (κ1) is 14.4. The number of nitrogens with two attached hydrogens (primary N) is 1. The van der Waals surface area contributed by atoms with Crippen molar-refractivity contribution in [1.82, 2.24) is 4.90 Å². The largest absolute Gasteiger partial charge is 0.338 e. The summed E-state index contributed by atoms with van der Waals surface area (Å²) < 4.78 is 0. The lowest BCUT2D eigenvalue weighted by Gasteiger charge is -2.38. The maximum Gasteiger partial charge on any atom is 0.227 e. The third-order valence-corrected chi connectivity index (χ3v) is 4.14. The van der Waals surface area contributed by atoms with E-state index in [9.17, 15) is 4.79 Å². The van der Waals surface area contributed by atoms with Crippen LogP contribution in [0.25, 0.3) is 0 Å². The Hall–Kier alpha value is -1.06. The molecule has 1 aliphatic heterocycles. The van der Waals surface area contributed by atoms with Crippen LogP contribution >= 0.6 is 11.6 Å². The second-order valence-electron chi connectivity index (χ2n) is 5.28. The molecule has 2 unspecified atom stereocenters. The van der Waals surface area contributed by atoms with Gasteiger partial charge in [0.2, 0.25) is 5.91 Å². The number of piperidine rings is 1. The Labute approximate surface area is 119 Å². The number of likely N-dealkylation sites (tertiary alicyclic amines) is 1. The number of hydrogen-bond donors (Lipinski definition) is 1. The summed E-state index contributed by atoms with van der Waals surface area (Å²) in [6, 6.07) is 7.71. The van der Waals surface area contributed by atoms with E-state index in [1.165, 1.54) is 0 Å². The van der Waals surface area contributed by atoms with E-state index >= 15 is 0 Å². The molecule has 0 aromatic heterocycles. The summed E-state index contributed by atoms with van der Waals surface area (Å²) in [7, 11) is 0. The summed E-state index contributed by atoms with van der Waals surface area (Å²) in [5.41, 5.74) is 6.89. The van der Waals surface area contributed by atoms with E-state index in [1.807, 2.05) is 36.1 Å². The Bertz CT molecular complexity index is 448. The molecule has 1 heterocycles. The van der Waals surface area contributed by atoms with Crippen LogP contribution in [0.15, 0.2) is 24.3 Å². The number of carbonyl (C=O) groups is 1. The highest BCUT2D eigenvalue weighted by Crippen LogP contribution is 2.22. The maximum atomic E-state index is 12.4. The normalized spacial score (nSPS) is 21.2.